The van der Waals surface area contributed by atoms with Gasteiger partial charge in [-0.15, -0.1) is 0 Å². The van der Waals surface area contributed by atoms with E-state index < -0.39 is 15.6 Å². The molecule has 0 fully saturated rings. The predicted octanol–water partition coefficient (Wildman–Crippen LogP) is 3.97. The lowest BCUT2D eigenvalue weighted by Crippen LogP contribution is -2.40. The molecule has 0 amide bonds. The number of benzene rings is 2. The Morgan fingerprint density at radius 1 is 1.05 bits per heavy atom. The van der Waals surface area contributed by atoms with E-state index >= 15 is 0 Å². The number of halogens is 1. The molecule has 0 aliphatic carbocycles. The Kier molecular flexibility index (Phi) is 4.56. The molecule has 2 rings (SSSR count). The van der Waals surface area contributed by atoms with E-state index in [9.17, 15) is 8.42 Å². The molecule has 0 aliphatic rings. The molecule has 5 heteroatoms. The maximum Gasteiger partial charge on any atom is 0.241 e. The van der Waals surface area contributed by atoms with Crippen molar-refractivity contribution in [3.8, 4) is 0 Å². The third-order valence-corrected chi connectivity index (χ3v) is 5.38. The zero-order valence-electron chi connectivity index (χ0n) is 12.2. The van der Waals surface area contributed by atoms with Crippen LogP contribution in [-0.2, 0) is 15.6 Å². The second-order valence-electron chi connectivity index (χ2n) is 5.56. The monoisotopic (exact) mass is 367 g/mol. The van der Waals surface area contributed by atoms with Crippen molar-refractivity contribution in [2.75, 3.05) is 0 Å². The van der Waals surface area contributed by atoms with Gasteiger partial charge in [0.05, 0.1) is 10.4 Å². The number of rotatable bonds is 4. The summed E-state index contributed by atoms with van der Waals surface area (Å²) in [4.78, 5) is 0.283. The Hall–Kier alpha value is -1.17. The van der Waals surface area contributed by atoms with Crippen molar-refractivity contribution in [1.82, 2.24) is 4.72 Å². The molecule has 0 unspecified atom stereocenters. The van der Waals surface area contributed by atoms with Crippen LogP contribution in [0.3, 0.4) is 0 Å². The molecule has 1 N–H and O–H groups in total. The maximum atomic E-state index is 12.5. The van der Waals surface area contributed by atoms with Crippen LogP contribution in [0.1, 0.15) is 25.0 Å². The average molecular weight is 368 g/mol. The van der Waals surface area contributed by atoms with E-state index in [1.807, 2.05) is 51.1 Å². The molecular formula is C16H18BrNO2S. The smallest absolute Gasteiger partial charge is 0.207 e. The maximum absolute atomic E-state index is 12.5. The van der Waals surface area contributed by atoms with Gasteiger partial charge in [0.15, 0.2) is 0 Å². The normalized spacial score (nSPS) is 12.4. The van der Waals surface area contributed by atoms with Gasteiger partial charge in [-0.25, -0.2) is 13.1 Å². The number of aryl methyl sites for hydroxylation is 1. The van der Waals surface area contributed by atoms with Crippen LogP contribution in [0.25, 0.3) is 0 Å². The second-order valence-corrected chi connectivity index (χ2v) is 8.16. The van der Waals surface area contributed by atoms with E-state index in [0.717, 1.165) is 15.6 Å². The first-order valence-corrected chi connectivity index (χ1v) is 8.85. The van der Waals surface area contributed by atoms with Gasteiger partial charge < -0.3 is 0 Å². The molecule has 21 heavy (non-hydrogen) atoms. The summed E-state index contributed by atoms with van der Waals surface area (Å²) in [5, 5.41) is 0. The number of sulfonamides is 1. The number of hydrogen-bond acceptors (Lipinski definition) is 2. The Labute approximate surface area is 134 Å². The standard InChI is InChI=1S/C16H18BrNO2S/c1-12-6-4-9-15(10-12)21(19,20)18-16(2,3)13-7-5-8-14(17)11-13/h4-11,18H,1-3H3. The predicted molar refractivity (Wildman–Crippen MR) is 88.7 cm³/mol. The summed E-state index contributed by atoms with van der Waals surface area (Å²) in [5.41, 5.74) is 1.11. The Bertz CT molecular complexity index is 754. The first-order valence-electron chi connectivity index (χ1n) is 6.57. The van der Waals surface area contributed by atoms with Gasteiger partial charge in [0.25, 0.3) is 0 Å². The summed E-state index contributed by atoms with van der Waals surface area (Å²) in [6.07, 6.45) is 0. The van der Waals surface area contributed by atoms with Crippen LogP contribution in [0.2, 0.25) is 0 Å². The minimum atomic E-state index is -3.57. The van der Waals surface area contributed by atoms with Crippen molar-refractivity contribution in [2.45, 2.75) is 31.2 Å². The molecule has 2 aromatic rings. The topological polar surface area (TPSA) is 46.2 Å². The molecule has 0 atom stereocenters. The summed E-state index contributed by atoms with van der Waals surface area (Å²) in [6, 6.07) is 14.5. The van der Waals surface area contributed by atoms with Gasteiger partial charge in [0.1, 0.15) is 0 Å². The van der Waals surface area contributed by atoms with E-state index in [1.165, 1.54) is 0 Å². The first-order chi connectivity index (χ1) is 9.71. The van der Waals surface area contributed by atoms with Crippen molar-refractivity contribution >= 4 is 26.0 Å². The third-order valence-electron chi connectivity index (χ3n) is 3.24. The number of hydrogen-bond donors (Lipinski definition) is 1. The first kappa shape index (κ1) is 16.2. The van der Waals surface area contributed by atoms with Gasteiger partial charge in [0.2, 0.25) is 10.0 Å². The molecule has 112 valence electrons. The molecule has 0 aliphatic heterocycles. The SMILES string of the molecule is Cc1cccc(S(=O)(=O)NC(C)(C)c2cccc(Br)c2)c1. The number of nitrogens with one attached hydrogen (secondary N) is 1. The lowest BCUT2D eigenvalue weighted by molar-refractivity contribution is 0.472. The van der Waals surface area contributed by atoms with Crippen LogP contribution in [0.15, 0.2) is 57.9 Å². The van der Waals surface area contributed by atoms with Crippen LogP contribution in [-0.4, -0.2) is 8.42 Å². The highest BCUT2D eigenvalue weighted by Gasteiger charge is 2.28. The molecule has 0 aromatic heterocycles. The van der Waals surface area contributed by atoms with Crippen molar-refractivity contribution in [1.29, 1.82) is 0 Å². The average Bonchev–Trinajstić information content (AvgIpc) is 2.37. The van der Waals surface area contributed by atoms with Gasteiger partial charge in [-0.2, -0.15) is 0 Å². The molecule has 2 aromatic carbocycles. The Morgan fingerprint density at radius 2 is 1.71 bits per heavy atom. The molecule has 0 bridgehead atoms. The highest BCUT2D eigenvalue weighted by Crippen LogP contribution is 2.25. The summed E-state index contributed by atoms with van der Waals surface area (Å²) in [7, 11) is -3.57. The minimum Gasteiger partial charge on any atom is -0.207 e. The highest BCUT2D eigenvalue weighted by molar-refractivity contribution is 9.10. The molecule has 0 heterocycles. The van der Waals surface area contributed by atoms with Crippen molar-refractivity contribution < 1.29 is 8.42 Å². The highest BCUT2D eigenvalue weighted by atomic mass is 79.9. The zero-order valence-corrected chi connectivity index (χ0v) is 14.6. The lowest BCUT2D eigenvalue weighted by Gasteiger charge is -2.27. The molecular weight excluding hydrogens is 350 g/mol. The quantitative estimate of drug-likeness (QED) is 0.888. The van der Waals surface area contributed by atoms with Gasteiger partial charge in [-0.1, -0.05) is 40.2 Å². The second kappa shape index (κ2) is 5.91. The van der Waals surface area contributed by atoms with Crippen LogP contribution >= 0.6 is 15.9 Å². The minimum absolute atomic E-state index is 0.283. The molecule has 0 spiro atoms. The van der Waals surface area contributed by atoms with E-state index in [1.54, 1.807) is 18.2 Å². The van der Waals surface area contributed by atoms with Crippen molar-refractivity contribution in [2.24, 2.45) is 0 Å². The van der Waals surface area contributed by atoms with Gasteiger partial charge >= 0.3 is 0 Å². The zero-order chi connectivity index (χ0) is 15.7. The third kappa shape index (κ3) is 3.93. The van der Waals surface area contributed by atoms with E-state index in [2.05, 4.69) is 20.7 Å². The van der Waals surface area contributed by atoms with Crippen molar-refractivity contribution in [3.63, 3.8) is 0 Å². The van der Waals surface area contributed by atoms with Gasteiger partial charge in [0, 0.05) is 4.47 Å². The summed E-state index contributed by atoms with van der Waals surface area (Å²) >= 11 is 3.41. The van der Waals surface area contributed by atoms with Gasteiger partial charge in [-0.3, -0.25) is 0 Å². The van der Waals surface area contributed by atoms with Gasteiger partial charge in [-0.05, 0) is 56.2 Å². The molecule has 3 nitrogen and oxygen atoms in total. The Balaban J connectivity index is 2.35. The van der Waals surface area contributed by atoms with E-state index in [0.29, 0.717) is 0 Å². The van der Waals surface area contributed by atoms with E-state index in [-0.39, 0.29) is 4.90 Å². The summed E-state index contributed by atoms with van der Waals surface area (Å²) < 4.78 is 28.8. The summed E-state index contributed by atoms with van der Waals surface area (Å²) in [5.74, 6) is 0. The fraction of sp³-hybridized carbons (Fsp3) is 0.250. The molecule has 0 saturated heterocycles. The van der Waals surface area contributed by atoms with Crippen molar-refractivity contribution in [3.05, 3.63) is 64.1 Å². The lowest BCUT2D eigenvalue weighted by atomic mass is 9.96. The van der Waals surface area contributed by atoms with Crippen LogP contribution in [0, 0.1) is 6.92 Å². The fourth-order valence-corrected chi connectivity index (χ4v) is 4.02. The largest absolute Gasteiger partial charge is 0.241 e. The molecule has 0 saturated carbocycles. The Morgan fingerprint density at radius 3 is 2.33 bits per heavy atom. The molecule has 0 radical (unpaired) electrons. The van der Waals surface area contributed by atoms with E-state index in [4.69, 9.17) is 0 Å². The fourth-order valence-electron chi connectivity index (χ4n) is 2.11. The van der Waals surface area contributed by atoms with Crippen LogP contribution < -0.4 is 4.72 Å². The summed E-state index contributed by atoms with van der Waals surface area (Å²) in [6.45, 7) is 5.57. The van der Waals surface area contributed by atoms with Crippen LogP contribution in [0.5, 0.6) is 0 Å². The van der Waals surface area contributed by atoms with Crippen LogP contribution in [0.4, 0.5) is 0 Å².